The molecule has 3 rings (SSSR count). The predicted octanol–water partition coefficient (Wildman–Crippen LogP) is 3.34. The molecule has 8 nitrogen and oxygen atoms in total. The number of Topliss-reactive ketones (excluding diaryl/α,β-unsaturated/α-hetero) is 1. The molecule has 1 amide bonds. The van der Waals surface area contributed by atoms with Gasteiger partial charge in [0.05, 0.1) is 30.4 Å². The van der Waals surface area contributed by atoms with Gasteiger partial charge in [0.2, 0.25) is 0 Å². The van der Waals surface area contributed by atoms with Crippen molar-refractivity contribution in [2.45, 2.75) is 26.3 Å². The van der Waals surface area contributed by atoms with Crippen LogP contribution in [0.5, 0.6) is 11.5 Å². The molecule has 1 unspecified atom stereocenters. The highest BCUT2D eigenvalue weighted by Gasteiger charge is 2.46. The van der Waals surface area contributed by atoms with Gasteiger partial charge in [-0.1, -0.05) is 6.07 Å². The molecule has 32 heavy (non-hydrogen) atoms. The summed E-state index contributed by atoms with van der Waals surface area (Å²) in [5.74, 6) is -0.758. The number of hydrogen-bond donors (Lipinski definition) is 1. The Bertz CT molecular complexity index is 989. The highest BCUT2D eigenvalue weighted by molar-refractivity contribution is 6.46. The molecule has 0 aliphatic carbocycles. The van der Waals surface area contributed by atoms with Crippen molar-refractivity contribution in [1.29, 1.82) is 0 Å². The fourth-order valence-corrected chi connectivity index (χ4v) is 3.75. The summed E-state index contributed by atoms with van der Waals surface area (Å²) in [6.07, 6.45) is 3.75. The summed E-state index contributed by atoms with van der Waals surface area (Å²) in [5, 5.41) is 11.3. The second-order valence-corrected chi connectivity index (χ2v) is 7.15. The Kier molecular flexibility index (Phi) is 7.83. The Balaban J connectivity index is 2.13. The van der Waals surface area contributed by atoms with Gasteiger partial charge in [-0.25, -0.2) is 0 Å². The molecule has 2 heterocycles. The Morgan fingerprint density at radius 1 is 1.16 bits per heavy atom. The number of carbonyl (C=O) groups excluding carboxylic acids is 2. The first-order chi connectivity index (χ1) is 15.5. The van der Waals surface area contributed by atoms with Gasteiger partial charge < -0.3 is 24.2 Å². The third-order valence-electron chi connectivity index (χ3n) is 5.11. The number of aliphatic hydroxyl groups is 1. The molecule has 8 heteroatoms. The first-order valence-electron chi connectivity index (χ1n) is 10.6. The number of pyridine rings is 1. The quantitative estimate of drug-likeness (QED) is 0.262. The van der Waals surface area contributed by atoms with E-state index < -0.39 is 17.7 Å². The number of ketones is 1. The van der Waals surface area contributed by atoms with Crippen molar-refractivity contribution in [2.24, 2.45) is 0 Å². The van der Waals surface area contributed by atoms with Crippen LogP contribution in [-0.4, -0.2) is 60.2 Å². The Morgan fingerprint density at radius 2 is 1.94 bits per heavy atom. The highest BCUT2D eigenvalue weighted by atomic mass is 16.5. The molecule has 1 aliphatic heterocycles. The van der Waals surface area contributed by atoms with Crippen molar-refractivity contribution < 1.29 is 28.9 Å². The van der Waals surface area contributed by atoms with E-state index in [-0.39, 0.29) is 11.3 Å². The Morgan fingerprint density at radius 3 is 2.59 bits per heavy atom. The van der Waals surface area contributed by atoms with Gasteiger partial charge in [-0.2, -0.15) is 0 Å². The third kappa shape index (κ3) is 4.75. The normalized spacial score (nSPS) is 17.6. The molecular formula is C24H28N2O6. The molecule has 0 bridgehead atoms. The first-order valence-corrected chi connectivity index (χ1v) is 10.6. The van der Waals surface area contributed by atoms with Crippen molar-refractivity contribution in [3.05, 3.63) is 59.4 Å². The second kappa shape index (κ2) is 10.8. The summed E-state index contributed by atoms with van der Waals surface area (Å²) in [7, 11) is 1.58. The van der Waals surface area contributed by atoms with Gasteiger partial charge in [-0.3, -0.25) is 14.6 Å². The molecule has 1 aromatic heterocycles. The minimum Gasteiger partial charge on any atom is -0.507 e. The van der Waals surface area contributed by atoms with Gasteiger partial charge in [0.25, 0.3) is 11.7 Å². The van der Waals surface area contributed by atoms with Crippen LogP contribution < -0.4 is 9.47 Å². The minimum absolute atomic E-state index is 0.00512. The number of aliphatic hydroxyl groups excluding tert-OH is 1. The summed E-state index contributed by atoms with van der Waals surface area (Å²) < 4.78 is 16.3. The maximum atomic E-state index is 13.1. The van der Waals surface area contributed by atoms with E-state index in [2.05, 4.69) is 4.98 Å². The number of likely N-dealkylation sites (tertiary alicyclic amines) is 1. The van der Waals surface area contributed by atoms with Crippen LogP contribution in [0.1, 0.15) is 37.4 Å². The second-order valence-electron chi connectivity index (χ2n) is 7.15. The van der Waals surface area contributed by atoms with E-state index in [1.165, 1.54) is 4.90 Å². The van der Waals surface area contributed by atoms with Crippen molar-refractivity contribution in [3.8, 4) is 11.5 Å². The summed E-state index contributed by atoms with van der Waals surface area (Å²) in [4.78, 5) is 31.6. The molecule has 1 aromatic carbocycles. The van der Waals surface area contributed by atoms with Crippen molar-refractivity contribution in [1.82, 2.24) is 9.88 Å². The molecule has 0 saturated carbocycles. The average molecular weight is 440 g/mol. The molecule has 0 radical (unpaired) electrons. The molecule has 0 spiro atoms. The van der Waals surface area contributed by atoms with Gasteiger partial charge in [0.1, 0.15) is 17.3 Å². The number of hydrogen-bond acceptors (Lipinski definition) is 7. The number of ether oxygens (including phenoxy) is 3. The molecule has 1 aliphatic rings. The maximum Gasteiger partial charge on any atom is 0.295 e. The van der Waals surface area contributed by atoms with Gasteiger partial charge in [0.15, 0.2) is 0 Å². The lowest BCUT2D eigenvalue weighted by molar-refractivity contribution is -0.140. The highest BCUT2D eigenvalue weighted by Crippen LogP contribution is 2.41. The van der Waals surface area contributed by atoms with Crippen molar-refractivity contribution >= 4 is 17.4 Å². The molecule has 1 saturated heterocycles. The SMILES string of the molecule is CCOc1ccc(/C(O)=C2/C(=O)C(=O)N(CCCOC)C2c2cccnc2)c(OCC)c1. The number of amides is 1. The van der Waals surface area contributed by atoms with E-state index in [0.717, 1.165) is 0 Å². The summed E-state index contributed by atoms with van der Waals surface area (Å²) in [6.45, 7) is 5.26. The third-order valence-corrected chi connectivity index (χ3v) is 5.11. The Hall–Kier alpha value is -3.39. The zero-order chi connectivity index (χ0) is 23.1. The lowest BCUT2D eigenvalue weighted by Crippen LogP contribution is -2.31. The van der Waals surface area contributed by atoms with Crippen LogP contribution in [0, 0.1) is 0 Å². The molecule has 1 atom stereocenters. The van der Waals surface area contributed by atoms with E-state index >= 15 is 0 Å². The van der Waals surface area contributed by atoms with Gasteiger partial charge in [-0.15, -0.1) is 0 Å². The molecule has 2 aromatic rings. The number of benzene rings is 1. The molecular weight excluding hydrogens is 412 g/mol. The van der Waals surface area contributed by atoms with E-state index in [9.17, 15) is 14.7 Å². The number of rotatable bonds is 10. The van der Waals surface area contributed by atoms with Crippen molar-refractivity contribution in [2.75, 3.05) is 33.5 Å². The van der Waals surface area contributed by atoms with E-state index in [4.69, 9.17) is 14.2 Å². The minimum atomic E-state index is -0.762. The lowest BCUT2D eigenvalue weighted by Gasteiger charge is -2.25. The number of aromatic nitrogens is 1. The van der Waals surface area contributed by atoms with Crippen LogP contribution in [-0.2, 0) is 14.3 Å². The first kappa shape index (κ1) is 23.3. The topological polar surface area (TPSA) is 98.2 Å². The predicted molar refractivity (Wildman–Crippen MR) is 119 cm³/mol. The van der Waals surface area contributed by atoms with Gasteiger partial charge in [0, 0.05) is 38.7 Å². The van der Waals surface area contributed by atoms with Gasteiger partial charge >= 0.3 is 0 Å². The molecule has 1 N–H and O–H groups in total. The largest absolute Gasteiger partial charge is 0.507 e. The van der Waals surface area contributed by atoms with Crippen molar-refractivity contribution in [3.63, 3.8) is 0 Å². The van der Waals surface area contributed by atoms with Crippen LogP contribution in [0.25, 0.3) is 5.76 Å². The summed E-state index contributed by atoms with van der Waals surface area (Å²) in [5.41, 5.74) is 0.958. The number of carbonyl (C=O) groups is 2. The zero-order valence-corrected chi connectivity index (χ0v) is 18.5. The van der Waals surface area contributed by atoms with Crippen LogP contribution >= 0.6 is 0 Å². The molecule has 1 fully saturated rings. The van der Waals surface area contributed by atoms with E-state index in [1.54, 1.807) is 49.8 Å². The standard InChI is InChI=1S/C24H28N2O6/c1-4-31-17-9-10-18(19(14-17)32-5-2)22(27)20-21(16-8-6-11-25-15-16)26(12-7-13-30-3)24(29)23(20)28/h6,8-11,14-15,21,27H,4-5,7,12-13H2,1-3H3/b22-20-. The van der Waals surface area contributed by atoms with E-state index in [1.807, 2.05) is 13.8 Å². The monoisotopic (exact) mass is 440 g/mol. The van der Waals surface area contributed by atoms with Gasteiger partial charge in [-0.05, 0) is 44.0 Å². The lowest BCUT2D eigenvalue weighted by atomic mass is 9.96. The van der Waals surface area contributed by atoms with Crippen LogP contribution in [0.3, 0.4) is 0 Å². The van der Waals surface area contributed by atoms with Crippen LogP contribution in [0.2, 0.25) is 0 Å². The average Bonchev–Trinajstić information content (AvgIpc) is 3.05. The zero-order valence-electron chi connectivity index (χ0n) is 18.5. The smallest absolute Gasteiger partial charge is 0.295 e. The summed E-state index contributed by atoms with van der Waals surface area (Å²) in [6, 6.07) is 7.73. The number of nitrogens with zero attached hydrogens (tertiary/aromatic N) is 2. The maximum absolute atomic E-state index is 13.1. The van der Waals surface area contributed by atoms with E-state index in [0.29, 0.717) is 55.4 Å². The van der Waals surface area contributed by atoms with Crippen LogP contribution in [0.4, 0.5) is 0 Å². The van der Waals surface area contributed by atoms with Crippen LogP contribution in [0.15, 0.2) is 48.3 Å². The fourth-order valence-electron chi connectivity index (χ4n) is 3.75. The number of methoxy groups -OCH3 is 1. The summed E-state index contributed by atoms with van der Waals surface area (Å²) >= 11 is 0. The molecule has 170 valence electrons. The Labute approximate surface area is 187 Å². The fraction of sp³-hybridized carbons (Fsp3) is 0.375.